The molecule has 0 saturated heterocycles. The Labute approximate surface area is 177 Å². The molecule has 6 heteroatoms. The molecule has 4 nitrogen and oxygen atoms in total. The van der Waals surface area contributed by atoms with Gasteiger partial charge in [0, 0.05) is 22.4 Å². The predicted octanol–water partition coefficient (Wildman–Crippen LogP) is 6.47. The molecule has 3 aromatic rings. The zero-order valence-corrected chi connectivity index (χ0v) is 20.1. The molecule has 0 aliphatic rings. The third-order valence-electron chi connectivity index (χ3n) is 5.51. The van der Waals surface area contributed by atoms with E-state index in [0.29, 0.717) is 13.2 Å². The molecule has 0 fully saturated rings. The lowest BCUT2D eigenvalue weighted by molar-refractivity contribution is 0.203. The number of halogens is 1. The second-order valence-electron chi connectivity index (χ2n) is 8.68. The molecule has 2 aromatic heterocycles. The van der Waals surface area contributed by atoms with Gasteiger partial charge in [0.05, 0.1) is 12.3 Å². The number of benzene rings is 1. The first kappa shape index (κ1) is 21.1. The van der Waals surface area contributed by atoms with Crippen molar-refractivity contribution in [2.75, 3.05) is 13.2 Å². The summed E-state index contributed by atoms with van der Waals surface area (Å²) in [6.45, 7) is 14.5. The molecule has 0 radical (unpaired) electrons. The van der Waals surface area contributed by atoms with Crippen LogP contribution in [0.1, 0.15) is 26.3 Å². The van der Waals surface area contributed by atoms with E-state index in [1.54, 1.807) is 0 Å². The van der Waals surface area contributed by atoms with Gasteiger partial charge < -0.3 is 13.6 Å². The number of hydrogen-bond donors (Lipinski definition) is 0. The molecule has 0 bridgehead atoms. The lowest BCUT2D eigenvalue weighted by Crippen LogP contribution is -2.41. The maximum Gasteiger partial charge on any atom is 0.192 e. The highest BCUT2D eigenvalue weighted by molar-refractivity contribution is 9.10. The van der Waals surface area contributed by atoms with E-state index in [1.807, 2.05) is 41.1 Å². The Morgan fingerprint density at radius 1 is 1.07 bits per heavy atom. The van der Waals surface area contributed by atoms with Crippen LogP contribution in [0.25, 0.3) is 16.9 Å². The van der Waals surface area contributed by atoms with Crippen LogP contribution in [-0.4, -0.2) is 30.9 Å². The van der Waals surface area contributed by atoms with E-state index in [9.17, 15) is 0 Å². The number of pyridine rings is 1. The Bertz CT molecular complexity index is 920. The third-order valence-corrected chi connectivity index (χ3v) is 10.9. The average molecular weight is 461 g/mol. The number of aromatic nitrogens is 2. The maximum absolute atomic E-state index is 6.16. The van der Waals surface area contributed by atoms with Crippen molar-refractivity contribution in [2.45, 2.75) is 45.8 Å². The molecule has 0 aliphatic heterocycles. The first-order valence-corrected chi connectivity index (χ1v) is 13.3. The molecule has 28 heavy (non-hydrogen) atoms. The van der Waals surface area contributed by atoms with Crippen LogP contribution < -0.4 is 4.74 Å². The minimum Gasteiger partial charge on any atom is -0.491 e. The molecule has 2 heterocycles. The van der Waals surface area contributed by atoms with Crippen LogP contribution >= 0.6 is 15.9 Å². The molecule has 0 aliphatic carbocycles. The molecule has 0 atom stereocenters. The standard InChI is InChI=1S/C22H29BrN2O2Si/c1-16-13-21-24-20(15-25(21)14-19(16)23)17-7-9-18(10-8-17)26-11-12-27-28(5,6)22(2,3)4/h7-10,13-15H,11-12H2,1-6H3. The number of imidazole rings is 1. The van der Waals surface area contributed by atoms with Gasteiger partial charge in [-0.05, 0) is 76.9 Å². The number of fused-ring (bicyclic) bond motifs is 1. The maximum atomic E-state index is 6.16. The largest absolute Gasteiger partial charge is 0.491 e. The van der Waals surface area contributed by atoms with Crippen molar-refractivity contribution >= 4 is 29.9 Å². The van der Waals surface area contributed by atoms with Gasteiger partial charge in [-0.25, -0.2) is 4.98 Å². The first-order chi connectivity index (χ1) is 13.1. The molecule has 0 unspecified atom stereocenters. The van der Waals surface area contributed by atoms with Crippen molar-refractivity contribution in [1.29, 1.82) is 0 Å². The van der Waals surface area contributed by atoms with Crippen molar-refractivity contribution < 1.29 is 9.16 Å². The Morgan fingerprint density at radius 3 is 2.39 bits per heavy atom. The molecule has 0 N–H and O–H groups in total. The molecular weight excluding hydrogens is 432 g/mol. The molecule has 150 valence electrons. The summed E-state index contributed by atoms with van der Waals surface area (Å²) in [6.07, 6.45) is 4.09. The Balaban J connectivity index is 1.61. The highest BCUT2D eigenvalue weighted by atomic mass is 79.9. The van der Waals surface area contributed by atoms with Crippen molar-refractivity contribution in [3.63, 3.8) is 0 Å². The Morgan fingerprint density at radius 2 is 1.75 bits per heavy atom. The zero-order chi connectivity index (χ0) is 20.5. The van der Waals surface area contributed by atoms with Crippen LogP contribution in [0.2, 0.25) is 18.1 Å². The van der Waals surface area contributed by atoms with E-state index in [2.05, 4.69) is 62.8 Å². The molecular formula is C22H29BrN2O2Si. The SMILES string of the molecule is Cc1cc2nc(-c3ccc(OCCO[Si](C)(C)C(C)(C)C)cc3)cn2cc1Br. The van der Waals surface area contributed by atoms with Gasteiger partial charge in [0.25, 0.3) is 0 Å². The minimum atomic E-state index is -1.71. The lowest BCUT2D eigenvalue weighted by atomic mass is 10.2. The molecule has 0 spiro atoms. The Hall–Kier alpha value is -1.63. The number of rotatable bonds is 6. The average Bonchev–Trinajstić information content (AvgIpc) is 3.01. The second kappa shape index (κ2) is 8.01. The molecule has 0 amide bonds. The van der Waals surface area contributed by atoms with Gasteiger partial charge in [0.1, 0.15) is 18.0 Å². The number of nitrogens with zero attached hydrogens (tertiary/aromatic N) is 2. The van der Waals surface area contributed by atoms with Gasteiger partial charge in [-0.3, -0.25) is 0 Å². The zero-order valence-electron chi connectivity index (χ0n) is 17.5. The van der Waals surface area contributed by atoms with Crippen LogP contribution in [0.4, 0.5) is 0 Å². The van der Waals surface area contributed by atoms with Gasteiger partial charge in [0.2, 0.25) is 0 Å². The summed E-state index contributed by atoms with van der Waals surface area (Å²) < 4.78 is 15.1. The summed E-state index contributed by atoms with van der Waals surface area (Å²) >= 11 is 3.57. The summed E-state index contributed by atoms with van der Waals surface area (Å²) in [5, 5.41) is 0.219. The third kappa shape index (κ3) is 4.67. The number of aryl methyl sites for hydroxylation is 1. The molecule has 1 aromatic carbocycles. The van der Waals surface area contributed by atoms with Crippen LogP contribution in [0.15, 0.2) is 47.2 Å². The van der Waals surface area contributed by atoms with Gasteiger partial charge in [-0.15, -0.1) is 0 Å². The topological polar surface area (TPSA) is 35.8 Å². The first-order valence-electron chi connectivity index (χ1n) is 9.59. The summed E-state index contributed by atoms with van der Waals surface area (Å²) in [6, 6.07) is 10.2. The number of ether oxygens (including phenoxy) is 1. The van der Waals surface area contributed by atoms with E-state index in [-0.39, 0.29) is 5.04 Å². The van der Waals surface area contributed by atoms with Gasteiger partial charge in [-0.1, -0.05) is 20.8 Å². The quantitative estimate of drug-likeness (QED) is 0.312. The van der Waals surface area contributed by atoms with E-state index in [0.717, 1.165) is 27.1 Å². The van der Waals surface area contributed by atoms with Crippen LogP contribution in [0.3, 0.4) is 0 Å². The summed E-state index contributed by atoms with van der Waals surface area (Å²) in [7, 11) is -1.71. The minimum absolute atomic E-state index is 0.219. The fourth-order valence-corrected chi connectivity index (χ4v) is 4.00. The van der Waals surface area contributed by atoms with E-state index >= 15 is 0 Å². The van der Waals surface area contributed by atoms with Gasteiger partial charge in [-0.2, -0.15) is 0 Å². The predicted molar refractivity (Wildman–Crippen MR) is 122 cm³/mol. The highest BCUT2D eigenvalue weighted by Gasteiger charge is 2.36. The summed E-state index contributed by atoms with van der Waals surface area (Å²) in [5.41, 5.74) is 4.14. The highest BCUT2D eigenvalue weighted by Crippen LogP contribution is 2.36. The normalized spacial score (nSPS) is 12.5. The van der Waals surface area contributed by atoms with Gasteiger partial charge >= 0.3 is 0 Å². The fraction of sp³-hybridized carbons (Fsp3) is 0.409. The van der Waals surface area contributed by atoms with Crippen molar-refractivity contribution in [3.8, 4) is 17.0 Å². The van der Waals surface area contributed by atoms with Crippen molar-refractivity contribution in [1.82, 2.24) is 9.38 Å². The summed E-state index contributed by atoms with van der Waals surface area (Å²) in [5.74, 6) is 0.852. The lowest BCUT2D eigenvalue weighted by Gasteiger charge is -2.36. The second-order valence-corrected chi connectivity index (χ2v) is 14.3. The summed E-state index contributed by atoms with van der Waals surface area (Å²) in [4.78, 5) is 4.73. The van der Waals surface area contributed by atoms with Crippen molar-refractivity contribution in [2.24, 2.45) is 0 Å². The van der Waals surface area contributed by atoms with E-state index in [4.69, 9.17) is 14.1 Å². The van der Waals surface area contributed by atoms with E-state index in [1.165, 1.54) is 5.56 Å². The fourth-order valence-electron chi connectivity index (χ4n) is 2.64. The van der Waals surface area contributed by atoms with Gasteiger partial charge in [0.15, 0.2) is 8.32 Å². The van der Waals surface area contributed by atoms with Crippen molar-refractivity contribution in [3.05, 3.63) is 52.8 Å². The molecule has 0 saturated carbocycles. The van der Waals surface area contributed by atoms with Crippen LogP contribution in [0, 0.1) is 6.92 Å². The van der Waals surface area contributed by atoms with E-state index < -0.39 is 8.32 Å². The van der Waals surface area contributed by atoms with Crippen LogP contribution in [0.5, 0.6) is 5.75 Å². The van der Waals surface area contributed by atoms with Crippen LogP contribution in [-0.2, 0) is 4.43 Å². The molecule has 3 rings (SSSR count). The monoisotopic (exact) mass is 460 g/mol. The Kier molecular flexibility index (Phi) is 6.03. The smallest absolute Gasteiger partial charge is 0.192 e. The number of hydrogen-bond acceptors (Lipinski definition) is 3.